The molecule has 1 nitrogen and oxygen atoms in total. The molecule has 0 rings (SSSR count). The molecule has 1 N–H and O–H groups in total. The number of hydrogen-bond acceptors (Lipinski definition) is 2. The van der Waals surface area contributed by atoms with E-state index in [9.17, 15) is 0 Å². The zero-order valence-corrected chi connectivity index (χ0v) is 5.57. The van der Waals surface area contributed by atoms with Gasteiger partial charge in [-0.15, -0.1) is 0 Å². The van der Waals surface area contributed by atoms with Gasteiger partial charge < -0.3 is 5.41 Å². The van der Waals surface area contributed by atoms with Gasteiger partial charge in [-0.1, -0.05) is 13.8 Å². The molecule has 0 amide bonds. The molecule has 0 radical (unpaired) electrons. The maximum Gasteiger partial charge on any atom is 0.0386 e. The average molecular weight is 117 g/mol. The van der Waals surface area contributed by atoms with E-state index in [1.165, 1.54) is 6.21 Å². The molecular formula is C5H11NS. The molecule has 0 aliphatic heterocycles. The number of rotatable bonds is 2. The summed E-state index contributed by atoms with van der Waals surface area (Å²) in [5, 5.41) is 6.88. The molecule has 0 aromatic heterocycles. The van der Waals surface area contributed by atoms with Gasteiger partial charge in [-0.2, -0.15) is 12.6 Å². The third kappa shape index (κ3) is 2.68. The van der Waals surface area contributed by atoms with E-state index in [1.807, 2.05) is 13.8 Å². The van der Waals surface area contributed by atoms with E-state index in [1.54, 1.807) is 0 Å². The zero-order valence-electron chi connectivity index (χ0n) is 4.68. The molecule has 2 heteroatoms. The summed E-state index contributed by atoms with van der Waals surface area (Å²) in [4.78, 5) is 0. The van der Waals surface area contributed by atoms with Crippen molar-refractivity contribution in [1.82, 2.24) is 0 Å². The van der Waals surface area contributed by atoms with Crippen LogP contribution in [0.15, 0.2) is 0 Å². The van der Waals surface area contributed by atoms with Gasteiger partial charge in [0, 0.05) is 11.5 Å². The molecule has 0 aliphatic rings. The molecule has 0 spiro atoms. The van der Waals surface area contributed by atoms with E-state index in [2.05, 4.69) is 12.6 Å². The molecule has 0 saturated heterocycles. The van der Waals surface area contributed by atoms with Crippen molar-refractivity contribution >= 4 is 18.8 Å². The summed E-state index contributed by atoms with van der Waals surface area (Å²) in [6, 6.07) is 0. The molecule has 0 saturated carbocycles. The maximum atomic E-state index is 6.74. The van der Waals surface area contributed by atoms with Gasteiger partial charge in [0.2, 0.25) is 0 Å². The molecule has 42 valence electrons. The number of nitrogens with one attached hydrogen (secondary N) is 1. The second-order valence-corrected chi connectivity index (χ2v) is 2.50. The maximum absolute atomic E-state index is 6.74. The van der Waals surface area contributed by atoms with Gasteiger partial charge in [-0.3, -0.25) is 0 Å². The van der Waals surface area contributed by atoms with Crippen molar-refractivity contribution in [3.63, 3.8) is 0 Å². The largest absolute Gasteiger partial charge is 0.312 e. The van der Waals surface area contributed by atoms with Gasteiger partial charge in [-0.05, 0) is 5.92 Å². The highest BCUT2D eigenvalue weighted by Crippen LogP contribution is 2.04. The Morgan fingerprint density at radius 1 is 1.57 bits per heavy atom. The predicted molar refractivity (Wildman–Crippen MR) is 36.4 cm³/mol. The van der Waals surface area contributed by atoms with Crippen LogP contribution < -0.4 is 0 Å². The van der Waals surface area contributed by atoms with E-state index in [4.69, 9.17) is 5.41 Å². The Morgan fingerprint density at radius 2 is 2.00 bits per heavy atom. The Bertz CT molecular complexity index is 61.1. The molecule has 0 bridgehead atoms. The van der Waals surface area contributed by atoms with Crippen molar-refractivity contribution in [3.05, 3.63) is 0 Å². The fourth-order valence-electron chi connectivity index (χ4n) is 0.192. The van der Waals surface area contributed by atoms with Gasteiger partial charge in [0.25, 0.3) is 0 Å². The minimum absolute atomic E-state index is 0.139. The second kappa shape index (κ2) is 3.08. The summed E-state index contributed by atoms with van der Waals surface area (Å²) in [7, 11) is 0. The lowest BCUT2D eigenvalue weighted by Crippen LogP contribution is -2.07. The highest BCUT2D eigenvalue weighted by Gasteiger charge is 2.00. The van der Waals surface area contributed by atoms with Gasteiger partial charge in [-0.25, -0.2) is 0 Å². The predicted octanol–water partition coefficient (Wildman–Crippen LogP) is 1.59. The molecule has 0 fully saturated rings. The zero-order chi connectivity index (χ0) is 5.86. The van der Waals surface area contributed by atoms with Crippen molar-refractivity contribution in [3.8, 4) is 0 Å². The van der Waals surface area contributed by atoms with E-state index in [0.29, 0.717) is 5.92 Å². The molecule has 0 aromatic carbocycles. The first kappa shape index (κ1) is 7.02. The number of hydrogen-bond donors (Lipinski definition) is 2. The van der Waals surface area contributed by atoms with Gasteiger partial charge in [0.05, 0.1) is 0 Å². The molecule has 0 aromatic rings. The lowest BCUT2D eigenvalue weighted by molar-refractivity contribution is 0.705. The van der Waals surface area contributed by atoms with Crippen molar-refractivity contribution in [2.75, 3.05) is 0 Å². The normalized spacial score (nSPS) is 14.3. The Morgan fingerprint density at radius 3 is 2.00 bits per heavy atom. The molecule has 1 atom stereocenters. The van der Waals surface area contributed by atoms with Crippen LogP contribution in [-0.2, 0) is 0 Å². The van der Waals surface area contributed by atoms with Gasteiger partial charge >= 0.3 is 0 Å². The van der Waals surface area contributed by atoms with Crippen LogP contribution >= 0.6 is 12.6 Å². The third-order valence-electron chi connectivity index (χ3n) is 0.854. The van der Waals surface area contributed by atoms with Crippen LogP contribution in [0.4, 0.5) is 0 Å². The van der Waals surface area contributed by atoms with Crippen molar-refractivity contribution in [2.45, 2.75) is 19.1 Å². The van der Waals surface area contributed by atoms with E-state index in [0.717, 1.165) is 0 Å². The fourth-order valence-corrected chi connectivity index (χ4v) is 0.192. The standard InChI is InChI=1S/C5H11NS/c1-4(2)5(7)3-6/h3-7H,1-2H3. The average Bonchev–Trinajstić information content (AvgIpc) is 1.65. The van der Waals surface area contributed by atoms with Gasteiger partial charge in [0.15, 0.2) is 0 Å². The molecule has 0 aliphatic carbocycles. The van der Waals surface area contributed by atoms with Crippen molar-refractivity contribution in [1.29, 1.82) is 5.41 Å². The first-order valence-corrected chi connectivity index (χ1v) is 2.88. The Balaban J connectivity index is 3.33. The Hall–Kier alpha value is 0.0200. The van der Waals surface area contributed by atoms with E-state index < -0.39 is 0 Å². The first-order chi connectivity index (χ1) is 3.18. The topological polar surface area (TPSA) is 23.9 Å². The van der Waals surface area contributed by atoms with Crippen LogP contribution in [0.5, 0.6) is 0 Å². The highest BCUT2D eigenvalue weighted by molar-refractivity contribution is 7.81. The summed E-state index contributed by atoms with van der Waals surface area (Å²) < 4.78 is 0. The van der Waals surface area contributed by atoms with Crippen LogP contribution in [0.3, 0.4) is 0 Å². The third-order valence-corrected chi connectivity index (χ3v) is 1.60. The van der Waals surface area contributed by atoms with Crippen LogP contribution in [0.25, 0.3) is 0 Å². The summed E-state index contributed by atoms with van der Waals surface area (Å²) in [6.45, 7) is 4.09. The van der Waals surface area contributed by atoms with E-state index in [-0.39, 0.29) is 5.25 Å². The van der Waals surface area contributed by atoms with Crippen molar-refractivity contribution in [2.24, 2.45) is 5.92 Å². The quantitative estimate of drug-likeness (QED) is 0.405. The smallest absolute Gasteiger partial charge is 0.0386 e. The lowest BCUT2D eigenvalue weighted by Gasteiger charge is -2.05. The molecular weight excluding hydrogens is 106 g/mol. The summed E-state index contributed by atoms with van der Waals surface area (Å²) >= 11 is 4.08. The lowest BCUT2D eigenvalue weighted by atomic mass is 10.1. The number of thiol groups is 1. The minimum atomic E-state index is 0.139. The molecule has 7 heavy (non-hydrogen) atoms. The summed E-state index contributed by atoms with van der Waals surface area (Å²) in [5.41, 5.74) is 0. The van der Waals surface area contributed by atoms with Crippen molar-refractivity contribution < 1.29 is 0 Å². The highest BCUT2D eigenvalue weighted by atomic mass is 32.1. The van der Waals surface area contributed by atoms with Crippen LogP contribution in [0, 0.1) is 11.3 Å². The van der Waals surface area contributed by atoms with Crippen LogP contribution in [0.1, 0.15) is 13.8 Å². The van der Waals surface area contributed by atoms with E-state index >= 15 is 0 Å². The van der Waals surface area contributed by atoms with Gasteiger partial charge in [0.1, 0.15) is 0 Å². The summed E-state index contributed by atoms with van der Waals surface area (Å²) in [6.07, 6.45) is 1.35. The molecule has 0 heterocycles. The monoisotopic (exact) mass is 117 g/mol. The second-order valence-electron chi connectivity index (χ2n) is 1.90. The molecule has 1 unspecified atom stereocenters. The minimum Gasteiger partial charge on any atom is -0.312 e. The Kier molecular flexibility index (Phi) is 3.09. The van der Waals surface area contributed by atoms with Crippen LogP contribution in [0.2, 0.25) is 0 Å². The Labute approximate surface area is 50.0 Å². The first-order valence-electron chi connectivity index (χ1n) is 2.37. The summed E-state index contributed by atoms with van der Waals surface area (Å²) in [5.74, 6) is 0.487. The van der Waals surface area contributed by atoms with Crippen LogP contribution in [-0.4, -0.2) is 11.5 Å². The fraction of sp³-hybridized carbons (Fsp3) is 0.800. The SMILES string of the molecule is CC(C)C(S)C=N.